The second kappa shape index (κ2) is 4.93. The molecule has 0 unspecified atom stereocenters. The fourth-order valence-corrected chi connectivity index (χ4v) is 3.94. The summed E-state index contributed by atoms with van der Waals surface area (Å²) in [5, 5.41) is 3.62. The Labute approximate surface area is 124 Å². The van der Waals surface area contributed by atoms with Crippen molar-refractivity contribution in [2.75, 3.05) is 6.54 Å². The molecule has 2 aliphatic rings. The molecule has 3 heteroatoms. The highest BCUT2D eigenvalue weighted by Gasteiger charge is 2.38. The van der Waals surface area contributed by atoms with Gasteiger partial charge in [-0.25, -0.2) is 4.39 Å². The van der Waals surface area contributed by atoms with Gasteiger partial charge in [0.2, 0.25) is 0 Å². The van der Waals surface area contributed by atoms with Gasteiger partial charge in [-0.3, -0.25) is 0 Å². The van der Waals surface area contributed by atoms with E-state index >= 15 is 0 Å². The van der Waals surface area contributed by atoms with E-state index in [0.717, 1.165) is 18.4 Å². The molecule has 3 N–H and O–H groups in total. The number of hydrogen-bond acceptors (Lipinski definition) is 2. The van der Waals surface area contributed by atoms with Crippen molar-refractivity contribution in [3.05, 3.63) is 70.5 Å². The van der Waals surface area contributed by atoms with Gasteiger partial charge >= 0.3 is 0 Å². The van der Waals surface area contributed by atoms with Gasteiger partial charge in [-0.05, 0) is 47.2 Å². The molecule has 0 spiro atoms. The zero-order chi connectivity index (χ0) is 14.4. The first-order valence-electron chi connectivity index (χ1n) is 7.58. The van der Waals surface area contributed by atoms with Crippen molar-refractivity contribution in [1.82, 2.24) is 5.32 Å². The Morgan fingerprint density at radius 2 is 1.90 bits per heavy atom. The minimum absolute atomic E-state index is 0.156. The highest BCUT2D eigenvalue weighted by Crippen LogP contribution is 2.45. The summed E-state index contributed by atoms with van der Waals surface area (Å²) in [7, 11) is 0. The van der Waals surface area contributed by atoms with Crippen LogP contribution >= 0.6 is 0 Å². The lowest BCUT2D eigenvalue weighted by molar-refractivity contribution is 0.540. The van der Waals surface area contributed by atoms with Gasteiger partial charge in [-0.15, -0.1) is 0 Å². The molecule has 0 amide bonds. The SMILES string of the molecule is NC[C@H]1C[C@@H]2c3ccccc3Cc3ccc(F)cc3[C@H]2N1. The van der Waals surface area contributed by atoms with Gasteiger partial charge in [-0.1, -0.05) is 30.3 Å². The number of nitrogens with two attached hydrogens (primary N) is 1. The van der Waals surface area contributed by atoms with E-state index in [2.05, 4.69) is 29.6 Å². The Balaban J connectivity index is 1.90. The van der Waals surface area contributed by atoms with Crippen LogP contribution in [0.5, 0.6) is 0 Å². The molecule has 1 fully saturated rings. The quantitative estimate of drug-likeness (QED) is 0.844. The van der Waals surface area contributed by atoms with Crippen molar-refractivity contribution in [1.29, 1.82) is 0 Å². The molecular weight excluding hydrogens is 263 g/mol. The van der Waals surface area contributed by atoms with Crippen molar-refractivity contribution in [3.8, 4) is 0 Å². The second-order valence-electron chi connectivity index (χ2n) is 6.14. The van der Waals surface area contributed by atoms with Crippen molar-refractivity contribution >= 4 is 0 Å². The highest BCUT2D eigenvalue weighted by atomic mass is 19.1. The molecular formula is C18H19FN2. The van der Waals surface area contributed by atoms with Crippen LogP contribution in [0.4, 0.5) is 4.39 Å². The van der Waals surface area contributed by atoms with E-state index in [9.17, 15) is 4.39 Å². The largest absolute Gasteiger partial charge is 0.329 e. The lowest BCUT2D eigenvalue weighted by atomic mass is 9.87. The second-order valence-corrected chi connectivity index (χ2v) is 6.14. The molecule has 0 radical (unpaired) electrons. The van der Waals surface area contributed by atoms with Gasteiger partial charge in [0.1, 0.15) is 5.82 Å². The molecule has 21 heavy (non-hydrogen) atoms. The predicted octanol–water partition coefficient (Wildman–Crippen LogP) is 2.88. The van der Waals surface area contributed by atoms with Gasteiger partial charge in [0, 0.05) is 24.5 Å². The molecule has 1 aliphatic heterocycles. The first kappa shape index (κ1) is 13.0. The van der Waals surface area contributed by atoms with Gasteiger partial charge in [0.05, 0.1) is 0 Å². The van der Waals surface area contributed by atoms with Crippen LogP contribution in [0.1, 0.15) is 40.6 Å². The maximum absolute atomic E-state index is 13.7. The number of halogens is 1. The van der Waals surface area contributed by atoms with Crippen LogP contribution in [0.3, 0.4) is 0 Å². The lowest BCUT2D eigenvalue weighted by Crippen LogP contribution is -2.31. The van der Waals surface area contributed by atoms with Crippen LogP contribution in [0.2, 0.25) is 0 Å². The van der Waals surface area contributed by atoms with Crippen LogP contribution in [0.25, 0.3) is 0 Å². The van der Waals surface area contributed by atoms with Gasteiger partial charge < -0.3 is 11.1 Å². The van der Waals surface area contributed by atoms with Crippen LogP contribution in [0, 0.1) is 5.82 Å². The summed E-state index contributed by atoms with van der Waals surface area (Å²) in [6.45, 7) is 0.625. The third kappa shape index (κ3) is 2.08. The van der Waals surface area contributed by atoms with Crippen LogP contribution < -0.4 is 11.1 Å². The van der Waals surface area contributed by atoms with Gasteiger partial charge in [-0.2, -0.15) is 0 Å². The lowest BCUT2D eigenvalue weighted by Gasteiger charge is -2.20. The van der Waals surface area contributed by atoms with Crippen LogP contribution in [-0.4, -0.2) is 12.6 Å². The monoisotopic (exact) mass is 282 g/mol. The zero-order valence-corrected chi connectivity index (χ0v) is 11.9. The Kier molecular flexibility index (Phi) is 3.05. The van der Waals surface area contributed by atoms with Crippen LogP contribution in [-0.2, 0) is 6.42 Å². The summed E-state index contributed by atoms with van der Waals surface area (Å²) >= 11 is 0. The molecule has 0 aromatic heterocycles. The maximum Gasteiger partial charge on any atom is 0.123 e. The number of fused-ring (bicyclic) bond motifs is 5. The summed E-state index contributed by atoms with van der Waals surface area (Å²) < 4.78 is 13.7. The normalized spacial score (nSPS) is 26.7. The Morgan fingerprint density at radius 1 is 1.10 bits per heavy atom. The summed E-state index contributed by atoms with van der Waals surface area (Å²) in [4.78, 5) is 0. The summed E-state index contributed by atoms with van der Waals surface area (Å²) in [6, 6.07) is 14.3. The highest BCUT2D eigenvalue weighted by molar-refractivity contribution is 5.46. The van der Waals surface area contributed by atoms with Crippen molar-refractivity contribution < 1.29 is 4.39 Å². The van der Waals surface area contributed by atoms with E-state index in [0.29, 0.717) is 18.5 Å². The van der Waals surface area contributed by atoms with E-state index in [1.54, 1.807) is 12.1 Å². The van der Waals surface area contributed by atoms with E-state index in [4.69, 9.17) is 5.73 Å². The first-order valence-corrected chi connectivity index (χ1v) is 7.58. The molecule has 0 saturated carbocycles. The van der Waals surface area contributed by atoms with Gasteiger partial charge in [0.15, 0.2) is 0 Å². The van der Waals surface area contributed by atoms with E-state index in [-0.39, 0.29) is 11.9 Å². The Morgan fingerprint density at radius 3 is 2.76 bits per heavy atom. The van der Waals surface area contributed by atoms with Crippen LogP contribution in [0.15, 0.2) is 42.5 Å². The van der Waals surface area contributed by atoms with E-state index in [1.807, 2.05) is 6.07 Å². The molecule has 1 saturated heterocycles. The smallest absolute Gasteiger partial charge is 0.123 e. The fourth-order valence-electron chi connectivity index (χ4n) is 3.94. The number of rotatable bonds is 1. The molecule has 2 aromatic rings. The summed E-state index contributed by atoms with van der Waals surface area (Å²) in [6.07, 6.45) is 1.90. The number of nitrogens with one attached hydrogen (secondary N) is 1. The molecule has 4 rings (SSSR count). The predicted molar refractivity (Wildman–Crippen MR) is 81.7 cm³/mol. The molecule has 3 atom stereocenters. The fraction of sp³-hybridized carbons (Fsp3) is 0.333. The summed E-state index contributed by atoms with van der Waals surface area (Å²) in [5.41, 5.74) is 10.9. The minimum Gasteiger partial charge on any atom is -0.329 e. The minimum atomic E-state index is -0.156. The van der Waals surface area contributed by atoms with E-state index < -0.39 is 0 Å². The maximum atomic E-state index is 13.7. The average molecular weight is 282 g/mol. The number of hydrogen-bond donors (Lipinski definition) is 2. The molecule has 2 nitrogen and oxygen atoms in total. The van der Waals surface area contributed by atoms with Gasteiger partial charge in [0.25, 0.3) is 0 Å². The average Bonchev–Trinajstić information content (AvgIpc) is 2.89. The van der Waals surface area contributed by atoms with Crippen molar-refractivity contribution in [3.63, 3.8) is 0 Å². The van der Waals surface area contributed by atoms with Crippen molar-refractivity contribution in [2.45, 2.75) is 30.8 Å². The zero-order valence-electron chi connectivity index (χ0n) is 11.9. The third-order valence-electron chi connectivity index (χ3n) is 4.92. The van der Waals surface area contributed by atoms with E-state index in [1.165, 1.54) is 16.7 Å². The number of benzene rings is 2. The Bertz CT molecular complexity index is 683. The molecule has 1 aliphatic carbocycles. The molecule has 108 valence electrons. The first-order chi connectivity index (χ1) is 10.3. The molecule has 2 aromatic carbocycles. The standard InChI is InChI=1S/C18H19FN2/c19-13-6-5-12-7-11-3-1-2-4-15(11)17-9-14(10-20)21-18(17)16(12)8-13/h1-6,8,14,17-18,21H,7,9-10,20H2/t14-,17-,18-/m1/s1. The topological polar surface area (TPSA) is 38.0 Å². The Hall–Kier alpha value is -1.71. The molecule has 1 heterocycles. The van der Waals surface area contributed by atoms with Crippen molar-refractivity contribution in [2.24, 2.45) is 5.73 Å². The summed E-state index contributed by atoms with van der Waals surface area (Å²) in [5.74, 6) is 0.231. The third-order valence-corrected chi connectivity index (χ3v) is 4.92. The molecule has 0 bridgehead atoms.